The minimum Gasteiger partial charge on any atom is -0.481 e. The molecule has 1 aromatic carbocycles. The maximum atomic E-state index is 13.0. The molecule has 0 aliphatic rings. The van der Waals surface area contributed by atoms with E-state index >= 15 is 0 Å². The van der Waals surface area contributed by atoms with Crippen molar-refractivity contribution in [3.05, 3.63) is 52.0 Å². The van der Waals surface area contributed by atoms with E-state index in [2.05, 4.69) is 35.4 Å². The first-order chi connectivity index (χ1) is 16.2. The van der Waals surface area contributed by atoms with E-state index in [-0.39, 0.29) is 30.7 Å². The zero-order valence-electron chi connectivity index (χ0n) is 20.3. The second kappa shape index (κ2) is 13.9. The summed E-state index contributed by atoms with van der Waals surface area (Å²) in [6, 6.07) is 9.56. The predicted molar refractivity (Wildman–Crippen MR) is 135 cm³/mol. The third-order valence-electron chi connectivity index (χ3n) is 5.76. The fourth-order valence-corrected chi connectivity index (χ4v) is 4.62. The van der Waals surface area contributed by atoms with Crippen LogP contribution < -0.4 is 10.6 Å². The van der Waals surface area contributed by atoms with Crippen LogP contribution in [-0.2, 0) is 16.0 Å². The van der Waals surface area contributed by atoms with E-state index < -0.39 is 11.9 Å². The highest BCUT2D eigenvalue weighted by molar-refractivity contribution is 7.09. The van der Waals surface area contributed by atoms with Crippen LogP contribution in [0.4, 0.5) is 0 Å². The maximum absolute atomic E-state index is 13.0. The minimum atomic E-state index is -0.888. The number of carboxylic acids is 1. The molecule has 1 heterocycles. The molecule has 2 rings (SSSR count). The Kier molecular flexibility index (Phi) is 11.2. The second-order valence-electron chi connectivity index (χ2n) is 8.78. The number of thiazole rings is 1. The van der Waals surface area contributed by atoms with Crippen molar-refractivity contribution in [1.29, 1.82) is 0 Å². The summed E-state index contributed by atoms with van der Waals surface area (Å²) in [5.41, 5.74) is 1.32. The van der Waals surface area contributed by atoms with Crippen LogP contribution in [0.1, 0.15) is 60.8 Å². The molecule has 2 aromatic rings. The molecular weight excluding hydrogens is 450 g/mol. The molecule has 0 saturated carbocycles. The van der Waals surface area contributed by atoms with Crippen LogP contribution in [0.15, 0.2) is 35.7 Å². The van der Waals surface area contributed by atoms with Crippen LogP contribution in [0.5, 0.6) is 0 Å². The highest BCUT2D eigenvalue weighted by atomic mass is 32.1. The van der Waals surface area contributed by atoms with Gasteiger partial charge in [-0.05, 0) is 37.8 Å². The molecule has 0 spiro atoms. The summed E-state index contributed by atoms with van der Waals surface area (Å²) < 4.78 is 5.87. The molecule has 0 bridgehead atoms. The highest BCUT2D eigenvalue weighted by Crippen LogP contribution is 2.28. The number of nitrogens with zero attached hydrogens (tertiary/aromatic N) is 1. The molecule has 1 aromatic heterocycles. The second-order valence-corrected chi connectivity index (χ2v) is 9.67. The first-order valence-corrected chi connectivity index (χ1v) is 12.4. The number of rotatable bonds is 14. The average molecular weight is 486 g/mol. The maximum Gasteiger partial charge on any atom is 0.306 e. The van der Waals surface area contributed by atoms with Gasteiger partial charge in [-0.1, -0.05) is 57.0 Å². The molecule has 8 heteroatoms. The Hall–Kier alpha value is -2.73. The van der Waals surface area contributed by atoms with Crippen LogP contribution >= 0.6 is 11.3 Å². The molecule has 0 radical (unpaired) electrons. The zero-order valence-corrected chi connectivity index (χ0v) is 21.1. The molecule has 0 fully saturated rings. The van der Waals surface area contributed by atoms with Gasteiger partial charge in [-0.2, -0.15) is 0 Å². The van der Waals surface area contributed by atoms with Crippen molar-refractivity contribution >= 4 is 23.2 Å². The number of benzene rings is 1. The summed E-state index contributed by atoms with van der Waals surface area (Å²) in [5.74, 6) is 1.09. The van der Waals surface area contributed by atoms with Crippen LogP contribution in [-0.4, -0.2) is 47.7 Å². The molecule has 7 nitrogen and oxygen atoms in total. The van der Waals surface area contributed by atoms with Gasteiger partial charge in [0.2, 0.25) is 0 Å². The molecule has 4 atom stereocenters. The summed E-state index contributed by atoms with van der Waals surface area (Å²) >= 11 is 1.36. The lowest BCUT2D eigenvalue weighted by molar-refractivity contribution is -0.141. The van der Waals surface area contributed by atoms with Gasteiger partial charge in [-0.3, -0.25) is 9.59 Å². The largest absolute Gasteiger partial charge is 0.481 e. The summed E-state index contributed by atoms with van der Waals surface area (Å²) in [6.07, 6.45) is 6.60. The van der Waals surface area contributed by atoms with Gasteiger partial charge in [-0.25, -0.2) is 4.98 Å². The van der Waals surface area contributed by atoms with E-state index in [1.807, 2.05) is 37.4 Å². The van der Waals surface area contributed by atoms with Gasteiger partial charge in [0.05, 0.1) is 5.92 Å². The first kappa shape index (κ1) is 27.5. The Morgan fingerprint density at radius 3 is 2.50 bits per heavy atom. The summed E-state index contributed by atoms with van der Waals surface area (Å²) in [4.78, 5) is 29.0. The van der Waals surface area contributed by atoms with Crippen molar-refractivity contribution < 1.29 is 19.4 Å². The number of carbonyl (C=O) groups is 2. The van der Waals surface area contributed by atoms with Crippen molar-refractivity contribution in [2.75, 3.05) is 13.7 Å². The van der Waals surface area contributed by atoms with Gasteiger partial charge < -0.3 is 20.5 Å². The number of carboxylic acid groups (broad SMARTS) is 1. The lowest BCUT2D eigenvalue weighted by Gasteiger charge is -2.24. The monoisotopic (exact) mass is 485 g/mol. The normalized spacial score (nSPS) is 14.7. The van der Waals surface area contributed by atoms with Crippen molar-refractivity contribution in [3.63, 3.8) is 0 Å². The van der Waals surface area contributed by atoms with Gasteiger partial charge in [0.15, 0.2) is 0 Å². The number of aromatic nitrogens is 1. The number of carbonyl (C=O) groups excluding carboxylic acids is 1. The number of hydrogen-bond acceptors (Lipinski definition) is 6. The summed E-state index contributed by atoms with van der Waals surface area (Å²) in [5, 5.41) is 18.1. The quantitative estimate of drug-likeness (QED) is 0.351. The van der Waals surface area contributed by atoms with Gasteiger partial charge in [-0.15, -0.1) is 17.8 Å². The van der Waals surface area contributed by atoms with E-state index in [1.54, 1.807) is 12.3 Å². The van der Waals surface area contributed by atoms with E-state index in [1.165, 1.54) is 11.3 Å². The van der Waals surface area contributed by atoms with Gasteiger partial charge >= 0.3 is 5.97 Å². The number of amides is 1. The third kappa shape index (κ3) is 8.56. The molecule has 34 heavy (non-hydrogen) atoms. The standard InChI is InChI=1S/C26H35N3O4S/c1-6-12-33-23(15-21(27-5)17(2)3)25-29-22(16-34-25)24(30)28-20(13-18(4)26(31)32)14-19-10-8-7-9-11-19/h1,7-11,16-18,20-21,23,27H,12-15H2,2-5H3,(H,28,30)(H,31,32). The van der Waals surface area contributed by atoms with Crippen LogP contribution in [0.2, 0.25) is 0 Å². The number of ether oxygens (including phenoxy) is 1. The van der Waals surface area contributed by atoms with Gasteiger partial charge in [0, 0.05) is 17.5 Å². The van der Waals surface area contributed by atoms with Crippen LogP contribution in [0.25, 0.3) is 0 Å². The average Bonchev–Trinajstić information content (AvgIpc) is 3.30. The number of nitrogens with one attached hydrogen (secondary N) is 2. The third-order valence-corrected chi connectivity index (χ3v) is 6.70. The van der Waals surface area contributed by atoms with E-state index in [9.17, 15) is 14.7 Å². The number of hydrogen-bond donors (Lipinski definition) is 3. The Bertz CT molecular complexity index is 954. The van der Waals surface area contributed by atoms with Crippen molar-refractivity contribution in [1.82, 2.24) is 15.6 Å². The Morgan fingerprint density at radius 2 is 1.91 bits per heavy atom. The smallest absolute Gasteiger partial charge is 0.306 e. The van der Waals surface area contributed by atoms with E-state index in [4.69, 9.17) is 11.2 Å². The van der Waals surface area contributed by atoms with Crippen LogP contribution in [0.3, 0.4) is 0 Å². The van der Waals surface area contributed by atoms with Crippen molar-refractivity contribution in [2.24, 2.45) is 11.8 Å². The van der Waals surface area contributed by atoms with Crippen molar-refractivity contribution in [3.8, 4) is 12.3 Å². The topological polar surface area (TPSA) is 101 Å². The van der Waals surface area contributed by atoms with Gasteiger partial charge in [0.1, 0.15) is 23.4 Å². The lowest BCUT2D eigenvalue weighted by atomic mass is 9.96. The molecular formula is C26H35N3O4S. The molecule has 0 aliphatic heterocycles. The van der Waals surface area contributed by atoms with E-state index in [0.717, 1.165) is 5.56 Å². The SMILES string of the molecule is C#CCOC(CC(NC)C(C)C)c1nc(C(=O)NC(Cc2ccccc2)CC(C)C(=O)O)cs1. The van der Waals surface area contributed by atoms with Gasteiger partial charge in [0.25, 0.3) is 5.91 Å². The first-order valence-electron chi connectivity index (χ1n) is 11.5. The molecule has 1 amide bonds. The fraction of sp³-hybridized carbons (Fsp3) is 0.500. The Labute approximate surface area is 206 Å². The lowest BCUT2D eigenvalue weighted by Crippen LogP contribution is -2.38. The fourth-order valence-electron chi connectivity index (χ4n) is 3.76. The number of terminal acetylenes is 1. The van der Waals surface area contributed by atoms with E-state index in [0.29, 0.717) is 35.9 Å². The summed E-state index contributed by atoms with van der Waals surface area (Å²) in [6.45, 7) is 6.07. The molecule has 3 N–H and O–H groups in total. The molecule has 184 valence electrons. The molecule has 4 unspecified atom stereocenters. The molecule has 0 aliphatic carbocycles. The Balaban J connectivity index is 2.16. The van der Waals surface area contributed by atoms with Crippen molar-refractivity contribution in [2.45, 2.75) is 58.2 Å². The minimum absolute atomic E-state index is 0.159. The molecule has 0 saturated heterocycles. The highest BCUT2D eigenvalue weighted by Gasteiger charge is 2.26. The van der Waals surface area contributed by atoms with Crippen LogP contribution in [0, 0.1) is 24.2 Å². The number of aliphatic carboxylic acids is 1. The Morgan fingerprint density at radius 1 is 1.21 bits per heavy atom. The zero-order chi connectivity index (χ0) is 25.1. The predicted octanol–water partition coefficient (Wildman–Crippen LogP) is 3.92. The summed E-state index contributed by atoms with van der Waals surface area (Å²) in [7, 11) is 1.91.